The number of hydrogen-bond donors (Lipinski definition) is 1. The summed E-state index contributed by atoms with van der Waals surface area (Å²) in [4.78, 5) is 23.4. The number of carbonyl (C=O) groups excluding carboxylic acids is 1. The molecule has 2 aromatic rings. The Hall–Kier alpha value is -1.63. The van der Waals surface area contributed by atoms with Crippen LogP contribution in [0.5, 0.6) is 0 Å². The SMILES string of the molecule is CC(=O)c1c(Nc2ccc(I)cc2)oc(C)cc1=O. The third-order valence-electron chi connectivity index (χ3n) is 2.53. The molecular formula is C14H12INO3. The third-order valence-corrected chi connectivity index (χ3v) is 3.24. The lowest BCUT2D eigenvalue weighted by Crippen LogP contribution is -2.15. The molecule has 1 aromatic heterocycles. The molecule has 2 rings (SSSR count). The Morgan fingerprint density at radius 3 is 2.47 bits per heavy atom. The van der Waals surface area contributed by atoms with E-state index in [9.17, 15) is 9.59 Å². The molecule has 0 unspecified atom stereocenters. The molecule has 1 N–H and O–H groups in total. The van der Waals surface area contributed by atoms with Gasteiger partial charge in [0.2, 0.25) is 5.88 Å². The first kappa shape index (κ1) is 13.8. The fraction of sp³-hybridized carbons (Fsp3) is 0.143. The van der Waals surface area contributed by atoms with Crippen LogP contribution in [0.25, 0.3) is 0 Å². The molecular weight excluding hydrogens is 357 g/mol. The molecule has 1 heterocycles. The molecule has 0 atom stereocenters. The zero-order valence-corrected chi connectivity index (χ0v) is 12.6. The van der Waals surface area contributed by atoms with Crippen molar-refractivity contribution in [2.24, 2.45) is 0 Å². The minimum atomic E-state index is -0.329. The Morgan fingerprint density at radius 2 is 1.89 bits per heavy atom. The van der Waals surface area contributed by atoms with Crippen LogP contribution in [0.2, 0.25) is 0 Å². The van der Waals surface area contributed by atoms with Gasteiger partial charge in [-0.15, -0.1) is 0 Å². The van der Waals surface area contributed by atoms with E-state index in [4.69, 9.17) is 4.42 Å². The molecule has 4 nitrogen and oxygen atoms in total. The van der Waals surface area contributed by atoms with Crippen LogP contribution >= 0.6 is 22.6 Å². The van der Waals surface area contributed by atoms with Gasteiger partial charge in [0, 0.05) is 15.3 Å². The van der Waals surface area contributed by atoms with Crippen LogP contribution in [-0.2, 0) is 0 Å². The standard InChI is InChI=1S/C14H12INO3/c1-8-7-12(18)13(9(2)17)14(19-8)16-11-5-3-10(15)4-6-11/h3-7,16H,1-2H3. The fourth-order valence-electron chi connectivity index (χ4n) is 1.70. The van der Waals surface area contributed by atoms with E-state index in [2.05, 4.69) is 27.9 Å². The number of ketones is 1. The van der Waals surface area contributed by atoms with Crippen molar-refractivity contribution in [3.05, 3.63) is 55.4 Å². The largest absolute Gasteiger partial charge is 0.445 e. The Morgan fingerprint density at radius 1 is 1.26 bits per heavy atom. The van der Waals surface area contributed by atoms with E-state index < -0.39 is 0 Å². The average Bonchev–Trinajstić information content (AvgIpc) is 2.30. The molecule has 0 aliphatic heterocycles. The predicted molar refractivity (Wildman–Crippen MR) is 82.2 cm³/mol. The Bertz CT molecular complexity index is 674. The van der Waals surface area contributed by atoms with Gasteiger partial charge in [-0.25, -0.2) is 0 Å². The normalized spacial score (nSPS) is 10.3. The summed E-state index contributed by atoms with van der Waals surface area (Å²) in [6.07, 6.45) is 0. The summed E-state index contributed by atoms with van der Waals surface area (Å²) >= 11 is 2.20. The number of halogens is 1. The number of benzene rings is 1. The summed E-state index contributed by atoms with van der Waals surface area (Å²) in [5.74, 6) is 0.337. The molecule has 0 amide bonds. The maximum atomic E-state index is 11.8. The number of aryl methyl sites for hydroxylation is 1. The van der Waals surface area contributed by atoms with Gasteiger partial charge in [0.1, 0.15) is 11.3 Å². The molecule has 0 saturated carbocycles. The van der Waals surface area contributed by atoms with Crippen LogP contribution in [0.4, 0.5) is 11.6 Å². The zero-order chi connectivity index (χ0) is 14.0. The van der Waals surface area contributed by atoms with Crippen LogP contribution in [-0.4, -0.2) is 5.78 Å². The predicted octanol–water partition coefficient (Wildman–Crippen LogP) is 3.50. The van der Waals surface area contributed by atoms with Gasteiger partial charge < -0.3 is 9.73 Å². The van der Waals surface area contributed by atoms with Crippen LogP contribution in [0.3, 0.4) is 0 Å². The first-order valence-electron chi connectivity index (χ1n) is 5.65. The van der Waals surface area contributed by atoms with Gasteiger partial charge in [-0.05, 0) is 60.7 Å². The molecule has 5 heteroatoms. The van der Waals surface area contributed by atoms with Crippen molar-refractivity contribution < 1.29 is 9.21 Å². The highest BCUT2D eigenvalue weighted by atomic mass is 127. The highest BCUT2D eigenvalue weighted by Crippen LogP contribution is 2.21. The molecule has 19 heavy (non-hydrogen) atoms. The third kappa shape index (κ3) is 3.23. The van der Waals surface area contributed by atoms with Crippen molar-refractivity contribution >= 4 is 39.9 Å². The van der Waals surface area contributed by atoms with Gasteiger partial charge in [0.05, 0.1) is 0 Å². The Kier molecular flexibility index (Phi) is 4.04. The molecule has 1 aromatic carbocycles. The number of hydrogen-bond acceptors (Lipinski definition) is 4. The summed E-state index contributed by atoms with van der Waals surface area (Å²) < 4.78 is 6.55. The highest BCUT2D eigenvalue weighted by molar-refractivity contribution is 14.1. The topological polar surface area (TPSA) is 59.3 Å². The summed E-state index contributed by atoms with van der Waals surface area (Å²) in [6, 6.07) is 8.87. The second-order valence-electron chi connectivity index (χ2n) is 4.11. The molecule has 0 spiro atoms. The van der Waals surface area contributed by atoms with Crippen LogP contribution in [0, 0.1) is 10.5 Å². The summed E-state index contributed by atoms with van der Waals surface area (Å²) in [5.41, 5.74) is 0.477. The van der Waals surface area contributed by atoms with Gasteiger partial charge in [-0.3, -0.25) is 9.59 Å². The lowest BCUT2D eigenvalue weighted by molar-refractivity contribution is 0.101. The number of rotatable bonds is 3. The maximum absolute atomic E-state index is 11.8. The number of nitrogens with one attached hydrogen (secondary N) is 1. The smallest absolute Gasteiger partial charge is 0.212 e. The van der Waals surface area contributed by atoms with E-state index in [0.717, 1.165) is 9.26 Å². The molecule has 0 bridgehead atoms. The second kappa shape index (κ2) is 5.56. The van der Waals surface area contributed by atoms with Crippen molar-refractivity contribution in [3.63, 3.8) is 0 Å². The van der Waals surface area contributed by atoms with Crippen molar-refractivity contribution in [1.29, 1.82) is 0 Å². The first-order valence-corrected chi connectivity index (χ1v) is 6.73. The number of carbonyl (C=O) groups is 1. The summed E-state index contributed by atoms with van der Waals surface area (Å²) in [5, 5.41) is 2.97. The van der Waals surface area contributed by atoms with Gasteiger partial charge in [-0.1, -0.05) is 0 Å². The van der Waals surface area contributed by atoms with E-state index >= 15 is 0 Å². The first-order chi connectivity index (χ1) is 8.97. The molecule has 98 valence electrons. The van der Waals surface area contributed by atoms with Crippen molar-refractivity contribution in [1.82, 2.24) is 0 Å². The van der Waals surface area contributed by atoms with Gasteiger partial charge in [-0.2, -0.15) is 0 Å². The van der Waals surface area contributed by atoms with Gasteiger partial charge in [0.15, 0.2) is 11.2 Å². The van der Waals surface area contributed by atoms with Crippen LogP contribution in [0.15, 0.2) is 39.5 Å². The fourth-order valence-corrected chi connectivity index (χ4v) is 2.06. The quantitative estimate of drug-likeness (QED) is 0.665. The minimum absolute atomic E-state index is 0.0455. The van der Waals surface area contributed by atoms with E-state index in [1.54, 1.807) is 6.92 Å². The highest BCUT2D eigenvalue weighted by Gasteiger charge is 2.15. The maximum Gasteiger partial charge on any atom is 0.212 e. The number of anilines is 2. The van der Waals surface area contributed by atoms with Crippen LogP contribution in [0.1, 0.15) is 23.0 Å². The Labute approximate surface area is 124 Å². The van der Waals surface area contributed by atoms with E-state index in [-0.39, 0.29) is 22.7 Å². The van der Waals surface area contributed by atoms with Crippen molar-refractivity contribution in [2.45, 2.75) is 13.8 Å². The Balaban J connectivity index is 2.47. The molecule has 0 saturated heterocycles. The van der Waals surface area contributed by atoms with Crippen molar-refractivity contribution in [3.8, 4) is 0 Å². The van der Waals surface area contributed by atoms with E-state index in [1.807, 2.05) is 24.3 Å². The molecule has 0 radical (unpaired) electrons. The molecule has 0 fully saturated rings. The zero-order valence-electron chi connectivity index (χ0n) is 10.5. The van der Waals surface area contributed by atoms with Crippen molar-refractivity contribution in [2.75, 3.05) is 5.32 Å². The summed E-state index contributed by atoms with van der Waals surface area (Å²) in [7, 11) is 0. The minimum Gasteiger partial charge on any atom is -0.445 e. The monoisotopic (exact) mass is 369 g/mol. The van der Waals surface area contributed by atoms with Crippen LogP contribution < -0.4 is 10.7 Å². The van der Waals surface area contributed by atoms with E-state index in [1.165, 1.54) is 13.0 Å². The second-order valence-corrected chi connectivity index (χ2v) is 5.36. The lowest BCUT2D eigenvalue weighted by Gasteiger charge is -2.09. The van der Waals surface area contributed by atoms with E-state index in [0.29, 0.717) is 5.76 Å². The summed E-state index contributed by atoms with van der Waals surface area (Å²) in [6.45, 7) is 3.02. The van der Waals surface area contributed by atoms with Gasteiger partial charge >= 0.3 is 0 Å². The lowest BCUT2D eigenvalue weighted by atomic mass is 10.1. The number of Topliss-reactive ketones (excluding diaryl/α,β-unsaturated/α-hetero) is 1. The molecule has 0 aliphatic rings. The molecule has 0 aliphatic carbocycles. The average molecular weight is 369 g/mol. The van der Waals surface area contributed by atoms with Gasteiger partial charge in [0.25, 0.3) is 0 Å².